The Morgan fingerprint density at radius 2 is 2.00 bits per heavy atom. The van der Waals surface area contributed by atoms with Gasteiger partial charge in [0.25, 0.3) is 5.71 Å². The molecule has 0 spiro atoms. The number of nitrogens with zero attached hydrogens (tertiary/aromatic N) is 3. The molecule has 3 aromatic rings. The first-order valence-electron chi connectivity index (χ1n) is 5.80. The third kappa shape index (κ3) is 1.79. The number of aryl methyl sites for hydroxylation is 1. The quantitative estimate of drug-likeness (QED) is 0.762. The van der Waals surface area contributed by atoms with Crippen LogP contribution in [0.1, 0.15) is 12.6 Å². The van der Waals surface area contributed by atoms with E-state index in [0.29, 0.717) is 5.71 Å². The van der Waals surface area contributed by atoms with Crippen LogP contribution in [0.25, 0.3) is 11.1 Å². The van der Waals surface area contributed by atoms with Crippen LogP contribution in [0.2, 0.25) is 0 Å². The van der Waals surface area contributed by atoms with Gasteiger partial charge in [-0.05, 0) is 18.6 Å². The molecule has 0 amide bonds. The van der Waals surface area contributed by atoms with Crippen molar-refractivity contribution in [3.05, 3.63) is 42.4 Å². The van der Waals surface area contributed by atoms with E-state index in [1.807, 2.05) is 37.3 Å². The number of fused-ring (bicyclic) bond motifs is 1. The fourth-order valence-corrected chi connectivity index (χ4v) is 1.84. The maximum absolute atomic E-state index is 5.18. The predicted molar refractivity (Wildman–Crippen MR) is 68.7 cm³/mol. The van der Waals surface area contributed by atoms with Crippen molar-refractivity contribution in [1.29, 1.82) is 0 Å². The average Bonchev–Trinajstić information content (AvgIpc) is 2.84. The van der Waals surface area contributed by atoms with Crippen LogP contribution in [0.5, 0.6) is 0 Å². The van der Waals surface area contributed by atoms with Crippen molar-refractivity contribution < 1.29 is 4.52 Å². The van der Waals surface area contributed by atoms with Crippen molar-refractivity contribution in [1.82, 2.24) is 15.1 Å². The molecule has 0 saturated carbocycles. The van der Waals surface area contributed by atoms with Crippen molar-refractivity contribution in [2.45, 2.75) is 13.3 Å². The van der Waals surface area contributed by atoms with Crippen LogP contribution in [0, 0.1) is 0 Å². The number of anilines is 2. The summed E-state index contributed by atoms with van der Waals surface area (Å²) in [4.78, 5) is 8.33. The lowest BCUT2D eigenvalue weighted by molar-refractivity contribution is 0.439. The Kier molecular flexibility index (Phi) is 2.64. The van der Waals surface area contributed by atoms with Crippen LogP contribution in [-0.4, -0.2) is 15.1 Å². The Morgan fingerprint density at radius 1 is 1.17 bits per heavy atom. The number of nitrogens with one attached hydrogen (secondary N) is 1. The molecule has 0 aliphatic rings. The molecule has 0 aliphatic carbocycles. The van der Waals surface area contributed by atoms with E-state index >= 15 is 0 Å². The fourth-order valence-electron chi connectivity index (χ4n) is 1.84. The smallest absolute Gasteiger partial charge is 0.263 e. The Bertz CT molecular complexity index is 663. The minimum atomic E-state index is 0.514. The Morgan fingerprint density at radius 3 is 2.78 bits per heavy atom. The maximum Gasteiger partial charge on any atom is 0.263 e. The standard InChI is InChI=1S/C13H12N4O/c1-2-10-11-12(14-8-15-13(11)18-17-10)16-9-6-4-3-5-7-9/h3-8H,2H2,1H3,(H,14,15,16). The molecule has 0 unspecified atom stereocenters. The first-order valence-corrected chi connectivity index (χ1v) is 5.80. The number of benzene rings is 1. The van der Waals surface area contributed by atoms with Crippen LogP contribution in [0.3, 0.4) is 0 Å². The van der Waals surface area contributed by atoms with Crippen LogP contribution in [0.4, 0.5) is 11.5 Å². The van der Waals surface area contributed by atoms with E-state index < -0.39 is 0 Å². The third-order valence-electron chi connectivity index (χ3n) is 2.71. The van der Waals surface area contributed by atoms with Crippen LogP contribution in [0.15, 0.2) is 41.2 Å². The summed E-state index contributed by atoms with van der Waals surface area (Å²) < 4.78 is 5.18. The van der Waals surface area contributed by atoms with Gasteiger partial charge in [0, 0.05) is 5.69 Å². The topological polar surface area (TPSA) is 63.8 Å². The highest BCUT2D eigenvalue weighted by molar-refractivity contribution is 5.89. The molecule has 5 heteroatoms. The molecular weight excluding hydrogens is 228 g/mol. The average molecular weight is 240 g/mol. The molecule has 2 heterocycles. The fraction of sp³-hybridized carbons (Fsp3) is 0.154. The molecule has 5 nitrogen and oxygen atoms in total. The summed E-state index contributed by atoms with van der Waals surface area (Å²) in [5.41, 5.74) is 2.35. The minimum absolute atomic E-state index is 0.514. The minimum Gasteiger partial charge on any atom is -0.339 e. The first-order chi connectivity index (χ1) is 8.88. The summed E-state index contributed by atoms with van der Waals surface area (Å²) in [6, 6.07) is 9.86. The zero-order chi connectivity index (χ0) is 12.4. The normalized spacial score (nSPS) is 10.7. The second kappa shape index (κ2) is 4.44. The van der Waals surface area contributed by atoms with Gasteiger partial charge in [-0.3, -0.25) is 0 Å². The van der Waals surface area contributed by atoms with Gasteiger partial charge in [-0.2, -0.15) is 4.98 Å². The number of rotatable bonds is 3. The van der Waals surface area contributed by atoms with Crippen molar-refractivity contribution >= 4 is 22.6 Å². The largest absolute Gasteiger partial charge is 0.339 e. The molecule has 2 aromatic heterocycles. The monoisotopic (exact) mass is 240 g/mol. The summed E-state index contributed by atoms with van der Waals surface area (Å²) in [7, 11) is 0. The van der Waals surface area contributed by atoms with E-state index in [4.69, 9.17) is 4.52 Å². The molecule has 0 bridgehead atoms. The Labute approximate surface area is 104 Å². The van der Waals surface area contributed by atoms with Gasteiger partial charge in [0.2, 0.25) is 0 Å². The number of aromatic nitrogens is 3. The molecule has 3 rings (SSSR count). The van der Waals surface area contributed by atoms with E-state index in [9.17, 15) is 0 Å². The summed E-state index contributed by atoms with van der Waals surface area (Å²) in [6.45, 7) is 2.02. The molecule has 0 atom stereocenters. The molecule has 18 heavy (non-hydrogen) atoms. The molecule has 90 valence electrons. The zero-order valence-electron chi connectivity index (χ0n) is 9.92. The van der Waals surface area contributed by atoms with Crippen molar-refractivity contribution in [2.75, 3.05) is 5.32 Å². The van der Waals surface area contributed by atoms with E-state index in [0.717, 1.165) is 29.0 Å². The highest BCUT2D eigenvalue weighted by atomic mass is 16.5. The van der Waals surface area contributed by atoms with Gasteiger partial charge in [0.05, 0.1) is 5.69 Å². The van der Waals surface area contributed by atoms with Gasteiger partial charge in [0.15, 0.2) is 0 Å². The lowest BCUT2D eigenvalue weighted by Gasteiger charge is -2.05. The van der Waals surface area contributed by atoms with Crippen LogP contribution in [-0.2, 0) is 6.42 Å². The van der Waals surface area contributed by atoms with Gasteiger partial charge in [-0.15, -0.1) is 0 Å². The Hall–Kier alpha value is -2.43. The summed E-state index contributed by atoms with van der Waals surface area (Å²) >= 11 is 0. The van der Waals surface area contributed by atoms with E-state index in [1.165, 1.54) is 6.33 Å². The Balaban J connectivity index is 2.09. The predicted octanol–water partition coefficient (Wildman–Crippen LogP) is 2.92. The molecular formula is C13H12N4O. The van der Waals surface area contributed by atoms with E-state index in [2.05, 4.69) is 20.4 Å². The first kappa shape index (κ1) is 10.7. The SMILES string of the molecule is CCc1noc2ncnc(Nc3ccccc3)c12. The third-order valence-corrected chi connectivity index (χ3v) is 2.71. The summed E-state index contributed by atoms with van der Waals surface area (Å²) in [5, 5.41) is 8.11. The van der Waals surface area contributed by atoms with Crippen molar-refractivity contribution in [3.8, 4) is 0 Å². The molecule has 0 fully saturated rings. The van der Waals surface area contributed by atoms with Crippen molar-refractivity contribution in [3.63, 3.8) is 0 Å². The number of para-hydroxylation sites is 1. The molecule has 0 aliphatic heterocycles. The summed E-state index contributed by atoms with van der Waals surface area (Å²) in [5.74, 6) is 0.726. The van der Waals surface area contributed by atoms with Gasteiger partial charge in [-0.1, -0.05) is 30.3 Å². The van der Waals surface area contributed by atoms with E-state index in [-0.39, 0.29) is 0 Å². The lowest BCUT2D eigenvalue weighted by Crippen LogP contribution is -1.96. The van der Waals surface area contributed by atoms with E-state index in [1.54, 1.807) is 0 Å². The van der Waals surface area contributed by atoms with Gasteiger partial charge in [0.1, 0.15) is 17.5 Å². The maximum atomic E-state index is 5.18. The van der Waals surface area contributed by atoms with Crippen LogP contribution >= 0.6 is 0 Å². The summed E-state index contributed by atoms with van der Waals surface area (Å²) in [6.07, 6.45) is 2.25. The van der Waals surface area contributed by atoms with Gasteiger partial charge < -0.3 is 9.84 Å². The zero-order valence-corrected chi connectivity index (χ0v) is 9.92. The highest BCUT2D eigenvalue weighted by Crippen LogP contribution is 2.25. The molecule has 0 radical (unpaired) electrons. The highest BCUT2D eigenvalue weighted by Gasteiger charge is 2.13. The van der Waals surface area contributed by atoms with Crippen LogP contribution < -0.4 is 5.32 Å². The van der Waals surface area contributed by atoms with Crippen molar-refractivity contribution in [2.24, 2.45) is 0 Å². The van der Waals surface area contributed by atoms with Gasteiger partial charge in [-0.25, -0.2) is 4.98 Å². The molecule has 0 saturated heterocycles. The number of hydrogen-bond donors (Lipinski definition) is 1. The number of hydrogen-bond acceptors (Lipinski definition) is 5. The van der Waals surface area contributed by atoms with Gasteiger partial charge >= 0.3 is 0 Å². The second-order valence-corrected chi connectivity index (χ2v) is 3.88. The molecule has 1 aromatic carbocycles. The second-order valence-electron chi connectivity index (χ2n) is 3.88. The lowest BCUT2D eigenvalue weighted by atomic mass is 10.2. The molecule has 1 N–H and O–H groups in total.